The number of hydrogen-bond donors (Lipinski definition) is 2. The van der Waals surface area contributed by atoms with Crippen LogP contribution < -0.4 is 15.4 Å². The van der Waals surface area contributed by atoms with Crippen LogP contribution in [-0.2, 0) is 9.59 Å². The van der Waals surface area contributed by atoms with Crippen molar-refractivity contribution in [3.8, 4) is 5.75 Å². The molecule has 0 radical (unpaired) electrons. The summed E-state index contributed by atoms with van der Waals surface area (Å²) in [5.74, 6) is 0.407. The number of urea groups is 1. The highest BCUT2D eigenvalue weighted by Crippen LogP contribution is 2.37. The van der Waals surface area contributed by atoms with E-state index in [1.807, 2.05) is 12.1 Å². The molecule has 1 fully saturated rings. The fraction of sp³-hybridized carbons (Fsp3) is 0.550. The zero-order valence-electron chi connectivity index (χ0n) is 17.1. The molecule has 4 amide bonds. The third-order valence-corrected chi connectivity index (χ3v) is 4.62. The largest absolute Gasteiger partial charge is 0.496 e. The lowest BCUT2D eigenvalue weighted by molar-refractivity contribution is -0.132. The molecule has 0 saturated carbocycles. The van der Waals surface area contributed by atoms with E-state index in [2.05, 4.69) is 38.3 Å². The first-order valence-electron chi connectivity index (χ1n) is 9.13. The summed E-state index contributed by atoms with van der Waals surface area (Å²) >= 11 is 0. The van der Waals surface area contributed by atoms with Crippen LogP contribution in [0.2, 0.25) is 0 Å². The molecule has 0 bridgehead atoms. The van der Waals surface area contributed by atoms with E-state index in [4.69, 9.17) is 4.74 Å². The Hall–Kier alpha value is -2.57. The van der Waals surface area contributed by atoms with Crippen molar-refractivity contribution in [3.63, 3.8) is 0 Å². The fourth-order valence-corrected chi connectivity index (χ4v) is 3.15. The summed E-state index contributed by atoms with van der Waals surface area (Å²) in [4.78, 5) is 37.6. The Labute approximate surface area is 160 Å². The Morgan fingerprint density at radius 1 is 1.15 bits per heavy atom. The number of benzene rings is 1. The second kappa shape index (κ2) is 7.58. The highest BCUT2D eigenvalue weighted by Gasteiger charge is 2.44. The molecule has 0 unspecified atom stereocenters. The van der Waals surface area contributed by atoms with Gasteiger partial charge in [0, 0.05) is 5.69 Å². The highest BCUT2D eigenvalue weighted by atomic mass is 16.5. The lowest BCUT2D eigenvalue weighted by Gasteiger charge is -2.21. The van der Waals surface area contributed by atoms with Gasteiger partial charge in [-0.05, 0) is 48.9 Å². The second-order valence-corrected chi connectivity index (χ2v) is 7.99. The SMILES string of the molecule is COc1c(C(C)C)cc(NC(=O)CN2C(=O)NC(C)(C)C2=O)cc1C(C)C. The van der Waals surface area contributed by atoms with Gasteiger partial charge in [0.1, 0.15) is 17.8 Å². The number of methoxy groups -OCH3 is 1. The van der Waals surface area contributed by atoms with Gasteiger partial charge in [-0.3, -0.25) is 14.5 Å². The molecule has 1 heterocycles. The Kier molecular flexibility index (Phi) is 5.82. The molecule has 1 saturated heterocycles. The highest BCUT2D eigenvalue weighted by molar-refractivity contribution is 6.09. The topological polar surface area (TPSA) is 87.7 Å². The van der Waals surface area contributed by atoms with Crippen molar-refractivity contribution in [1.29, 1.82) is 0 Å². The van der Waals surface area contributed by atoms with Crippen LogP contribution in [0.25, 0.3) is 0 Å². The van der Waals surface area contributed by atoms with Gasteiger partial charge in [-0.1, -0.05) is 27.7 Å². The van der Waals surface area contributed by atoms with E-state index in [9.17, 15) is 14.4 Å². The average molecular weight is 375 g/mol. The number of nitrogens with zero attached hydrogens (tertiary/aromatic N) is 1. The molecule has 1 aliphatic rings. The number of imide groups is 1. The van der Waals surface area contributed by atoms with Crippen molar-refractivity contribution in [1.82, 2.24) is 10.2 Å². The van der Waals surface area contributed by atoms with Gasteiger partial charge in [0.05, 0.1) is 7.11 Å². The monoisotopic (exact) mass is 375 g/mol. The van der Waals surface area contributed by atoms with Gasteiger partial charge in [-0.15, -0.1) is 0 Å². The predicted octanol–water partition coefficient (Wildman–Crippen LogP) is 3.21. The number of hydrogen-bond acceptors (Lipinski definition) is 4. The van der Waals surface area contributed by atoms with Gasteiger partial charge in [0.15, 0.2) is 0 Å². The van der Waals surface area contributed by atoms with E-state index in [0.29, 0.717) is 5.69 Å². The molecule has 1 aliphatic heterocycles. The van der Waals surface area contributed by atoms with Crippen LogP contribution in [0.1, 0.15) is 64.5 Å². The number of ether oxygens (including phenoxy) is 1. The number of carbonyl (C=O) groups is 3. The zero-order chi connectivity index (χ0) is 20.5. The van der Waals surface area contributed by atoms with Crippen LogP contribution in [-0.4, -0.2) is 41.9 Å². The molecule has 0 spiro atoms. The van der Waals surface area contributed by atoms with Crippen molar-refractivity contribution < 1.29 is 19.1 Å². The van der Waals surface area contributed by atoms with Crippen LogP contribution in [0.3, 0.4) is 0 Å². The summed E-state index contributed by atoms with van der Waals surface area (Å²) in [6.07, 6.45) is 0. The number of rotatable bonds is 6. The summed E-state index contributed by atoms with van der Waals surface area (Å²) in [5, 5.41) is 5.38. The van der Waals surface area contributed by atoms with E-state index in [0.717, 1.165) is 21.8 Å². The molecule has 7 nitrogen and oxygen atoms in total. The second-order valence-electron chi connectivity index (χ2n) is 7.99. The van der Waals surface area contributed by atoms with Gasteiger partial charge in [0.25, 0.3) is 5.91 Å². The van der Waals surface area contributed by atoms with E-state index >= 15 is 0 Å². The number of amides is 4. The zero-order valence-corrected chi connectivity index (χ0v) is 17.1. The first kappa shape index (κ1) is 20.7. The van der Waals surface area contributed by atoms with Crippen molar-refractivity contribution >= 4 is 23.5 Å². The first-order chi connectivity index (χ1) is 12.5. The summed E-state index contributed by atoms with van der Waals surface area (Å²) in [6, 6.07) is 3.20. The van der Waals surface area contributed by atoms with Crippen LogP contribution in [0, 0.1) is 0 Å². The summed E-state index contributed by atoms with van der Waals surface area (Å²) in [6.45, 7) is 11.1. The molecule has 0 aliphatic carbocycles. The third-order valence-electron chi connectivity index (χ3n) is 4.62. The molecule has 1 aromatic carbocycles. The number of nitrogens with one attached hydrogen (secondary N) is 2. The predicted molar refractivity (Wildman–Crippen MR) is 104 cm³/mol. The van der Waals surface area contributed by atoms with Crippen molar-refractivity contribution in [2.24, 2.45) is 0 Å². The minimum atomic E-state index is -0.993. The minimum Gasteiger partial charge on any atom is -0.496 e. The van der Waals surface area contributed by atoms with Crippen LogP contribution in [0.15, 0.2) is 12.1 Å². The van der Waals surface area contributed by atoms with Crippen molar-refractivity contribution in [2.75, 3.05) is 19.0 Å². The van der Waals surface area contributed by atoms with Crippen LogP contribution in [0.4, 0.5) is 10.5 Å². The lowest BCUT2D eigenvalue weighted by atomic mass is 9.93. The maximum absolute atomic E-state index is 12.5. The minimum absolute atomic E-state index is 0.209. The Bertz CT molecular complexity index is 739. The lowest BCUT2D eigenvalue weighted by Crippen LogP contribution is -2.41. The van der Waals surface area contributed by atoms with E-state index < -0.39 is 23.4 Å². The number of carbonyl (C=O) groups excluding carboxylic acids is 3. The molecule has 148 valence electrons. The molecule has 0 aromatic heterocycles. The molecular formula is C20H29N3O4. The standard InChI is InChI=1S/C20H29N3O4/c1-11(2)14-8-13(9-15(12(3)4)17(14)27-7)21-16(24)10-23-18(25)20(5,6)22-19(23)26/h8-9,11-12H,10H2,1-7H3,(H,21,24)(H,22,26). The quantitative estimate of drug-likeness (QED) is 0.748. The first-order valence-corrected chi connectivity index (χ1v) is 9.13. The third kappa shape index (κ3) is 4.23. The van der Waals surface area contributed by atoms with Crippen LogP contribution >= 0.6 is 0 Å². The summed E-state index contributed by atoms with van der Waals surface area (Å²) < 4.78 is 5.60. The molecule has 7 heteroatoms. The molecule has 1 aromatic rings. The molecule has 2 rings (SSSR count). The Morgan fingerprint density at radius 3 is 2.04 bits per heavy atom. The van der Waals surface area contributed by atoms with Gasteiger partial charge in [-0.2, -0.15) is 0 Å². The van der Waals surface area contributed by atoms with Crippen molar-refractivity contribution in [2.45, 2.75) is 58.9 Å². The molecule has 2 N–H and O–H groups in total. The van der Waals surface area contributed by atoms with Gasteiger partial charge < -0.3 is 15.4 Å². The Balaban J connectivity index is 2.25. The molecular weight excluding hydrogens is 346 g/mol. The summed E-state index contributed by atoms with van der Waals surface area (Å²) in [5.41, 5.74) is 1.62. The smallest absolute Gasteiger partial charge is 0.325 e. The molecule has 0 atom stereocenters. The van der Waals surface area contributed by atoms with E-state index in [1.54, 1.807) is 21.0 Å². The fourth-order valence-electron chi connectivity index (χ4n) is 3.15. The maximum atomic E-state index is 12.5. The van der Waals surface area contributed by atoms with E-state index in [1.165, 1.54) is 0 Å². The normalized spacial score (nSPS) is 16.1. The van der Waals surface area contributed by atoms with Gasteiger partial charge in [-0.25, -0.2) is 4.79 Å². The van der Waals surface area contributed by atoms with Crippen LogP contribution in [0.5, 0.6) is 5.75 Å². The van der Waals surface area contributed by atoms with E-state index in [-0.39, 0.29) is 18.4 Å². The average Bonchev–Trinajstić information content (AvgIpc) is 2.75. The van der Waals surface area contributed by atoms with Gasteiger partial charge in [0.2, 0.25) is 5.91 Å². The van der Waals surface area contributed by atoms with Gasteiger partial charge >= 0.3 is 6.03 Å². The Morgan fingerprint density at radius 2 is 1.67 bits per heavy atom. The maximum Gasteiger partial charge on any atom is 0.325 e. The molecule has 27 heavy (non-hydrogen) atoms. The number of anilines is 1. The van der Waals surface area contributed by atoms with Crippen molar-refractivity contribution in [3.05, 3.63) is 23.3 Å². The summed E-state index contributed by atoms with van der Waals surface area (Å²) in [7, 11) is 1.64.